The molecule has 0 aromatic heterocycles. The second-order valence-corrected chi connectivity index (χ2v) is 5.20. The maximum absolute atomic E-state index is 13.2. The van der Waals surface area contributed by atoms with Gasteiger partial charge in [0.2, 0.25) is 5.91 Å². The van der Waals surface area contributed by atoms with Crippen LogP contribution in [0.5, 0.6) is 0 Å². The molecular weight excluding hydrogens is 278 g/mol. The molecular formula is C12H13Cl2FN2O. The molecule has 98 valence electrons. The first-order valence-electron chi connectivity index (χ1n) is 5.68. The molecule has 1 fully saturated rings. The van der Waals surface area contributed by atoms with Gasteiger partial charge in [0.15, 0.2) is 5.82 Å². The lowest BCUT2D eigenvalue weighted by molar-refractivity contribution is -0.119. The van der Waals surface area contributed by atoms with Crippen LogP contribution in [0, 0.1) is 11.7 Å². The smallest absolute Gasteiger partial charge is 0.229 e. The lowest BCUT2D eigenvalue weighted by Gasteiger charge is -2.15. The van der Waals surface area contributed by atoms with Crippen LogP contribution in [0.1, 0.15) is 13.3 Å². The molecule has 1 aliphatic rings. The fourth-order valence-corrected chi connectivity index (χ4v) is 2.57. The van der Waals surface area contributed by atoms with Crippen LogP contribution in [-0.2, 0) is 4.79 Å². The summed E-state index contributed by atoms with van der Waals surface area (Å²) in [6.07, 6.45) is 0.787. The van der Waals surface area contributed by atoms with Gasteiger partial charge in [-0.05, 0) is 32.0 Å². The van der Waals surface area contributed by atoms with Crippen molar-refractivity contribution in [3.63, 3.8) is 0 Å². The molecule has 3 nitrogen and oxygen atoms in total. The lowest BCUT2D eigenvalue weighted by Crippen LogP contribution is -2.32. The number of nitrogens with one attached hydrogen (secondary N) is 2. The second-order valence-electron chi connectivity index (χ2n) is 4.38. The van der Waals surface area contributed by atoms with Gasteiger partial charge in [0, 0.05) is 11.7 Å². The third-order valence-corrected chi connectivity index (χ3v) is 3.66. The summed E-state index contributed by atoms with van der Waals surface area (Å²) in [5.74, 6) is -0.869. The minimum atomic E-state index is -0.674. The Hall–Kier alpha value is -0.840. The Morgan fingerprint density at radius 3 is 2.56 bits per heavy atom. The first-order chi connectivity index (χ1) is 8.49. The summed E-state index contributed by atoms with van der Waals surface area (Å²) in [6, 6.07) is 2.85. The van der Waals surface area contributed by atoms with E-state index in [1.165, 1.54) is 12.1 Å². The van der Waals surface area contributed by atoms with Gasteiger partial charge in [-0.15, -0.1) is 0 Å². The molecule has 0 aliphatic carbocycles. The van der Waals surface area contributed by atoms with Crippen LogP contribution in [0.2, 0.25) is 10.0 Å². The van der Waals surface area contributed by atoms with Crippen LogP contribution in [0.3, 0.4) is 0 Å². The van der Waals surface area contributed by atoms with E-state index in [-0.39, 0.29) is 27.9 Å². The highest BCUT2D eigenvalue weighted by Gasteiger charge is 2.29. The van der Waals surface area contributed by atoms with Crippen LogP contribution < -0.4 is 10.6 Å². The van der Waals surface area contributed by atoms with Crippen molar-refractivity contribution in [2.24, 2.45) is 5.92 Å². The van der Waals surface area contributed by atoms with Gasteiger partial charge in [-0.2, -0.15) is 0 Å². The molecule has 1 saturated heterocycles. The number of carbonyl (C=O) groups excluding carboxylic acids is 1. The average molecular weight is 291 g/mol. The zero-order chi connectivity index (χ0) is 13.3. The molecule has 1 amide bonds. The van der Waals surface area contributed by atoms with Crippen molar-refractivity contribution in [3.8, 4) is 0 Å². The minimum absolute atomic E-state index is 0.0902. The Morgan fingerprint density at radius 2 is 2.06 bits per heavy atom. The average Bonchev–Trinajstić information content (AvgIpc) is 2.72. The number of rotatable bonds is 2. The number of carbonyl (C=O) groups is 1. The Kier molecular flexibility index (Phi) is 4.10. The molecule has 1 aliphatic heterocycles. The van der Waals surface area contributed by atoms with Gasteiger partial charge in [-0.25, -0.2) is 4.39 Å². The van der Waals surface area contributed by atoms with Crippen LogP contribution in [0.4, 0.5) is 10.1 Å². The van der Waals surface area contributed by atoms with Crippen LogP contribution in [0.15, 0.2) is 12.1 Å². The molecule has 2 rings (SSSR count). The molecule has 6 heteroatoms. The van der Waals surface area contributed by atoms with E-state index >= 15 is 0 Å². The largest absolute Gasteiger partial charge is 0.326 e. The zero-order valence-corrected chi connectivity index (χ0v) is 11.3. The Bertz CT molecular complexity index is 458. The monoisotopic (exact) mass is 290 g/mol. The number of amides is 1. The SMILES string of the molecule is CC1NCCC1C(=O)Nc1cc(Cl)c(F)c(Cl)c1. The lowest BCUT2D eigenvalue weighted by atomic mass is 10.0. The minimum Gasteiger partial charge on any atom is -0.326 e. The van der Waals surface area contributed by atoms with Gasteiger partial charge < -0.3 is 10.6 Å². The number of hydrogen-bond donors (Lipinski definition) is 2. The van der Waals surface area contributed by atoms with Crippen molar-refractivity contribution >= 4 is 34.8 Å². The van der Waals surface area contributed by atoms with E-state index in [1.807, 2.05) is 6.92 Å². The predicted octanol–water partition coefficient (Wildman–Crippen LogP) is 3.07. The number of benzene rings is 1. The molecule has 1 heterocycles. The third-order valence-electron chi connectivity index (χ3n) is 3.11. The standard InChI is InChI=1S/C12H13Cl2FN2O/c1-6-8(2-3-16-6)12(18)17-7-4-9(13)11(15)10(14)5-7/h4-6,8,16H,2-3H2,1H3,(H,17,18). The summed E-state index contributed by atoms with van der Waals surface area (Å²) in [4.78, 5) is 12.0. The van der Waals surface area contributed by atoms with Crippen LogP contribution >= 0.6 is 23.2 Å². The van der Waals surface area contributed by atoms with Gasteiger partial charge >= 0.3 is 0 Å². The highest BCUT2D eigenvalue weighted by Crippen LogP contribution is 2.28. The third kappa shape index (κ3) is 2.76. The van der Waals surface area contributed by atoms with Crippen molar-refractivity contribution in [1.29, 1.82) is 0 Å². The van der Waals surface area contributed by atoms with E-state index < -0.39 is 5.82 Å². The van der Waals surface area contributed by atoms with Crippen molar-refractivity contribution < 1.29 is 9.18 Å². The van der Waals surface area contributed by atoms with Crippen LogP contribution in [-0.4, -0.2) is 18.5 Å². The normalized spacial score (nSPS) is 23.1. The fourth-order valence-electron chi connectivity index (χ4n) is 2.08. The van der Waals surface area contributed by atoms with Gasteiger partial charge in [-0.3, -0.25) is 4.79 Å². The maximum Gasteiger partial charge on any atom is 0.229 e. The molecule has 1 aromatic carbocycles. The molecule has 0 bridgehead atoms. The molecule has 0 saturated carbocycles. The zero-order valence-electron chi connectivity index (χ0n) is 9.77. The van der Waals surface area contributed by atoms with Gasteiger partial charge in [-0.1, -0.05) is 23.2 Å². The molecule has 0 radical (unpaired) electrons. The van der Waals surface area contributed by atoms with Crippen molar-refractivity contribution in [3.05, 3.63) is 28.0 Å². The summed E-state index contributed by atoms with van der Waals surface area (Å²) in [5, 5.41) is 5.70. The van der Waals surface area contributed by atoms with E-state index in [0.717, 1.165) is 13.0 Å². The van der Waals surface area contributed by atoms with E-state index in [2.05, 4.69) is 10.6 Å². The predicted molar refractivity (Wildman–Crippen MR) is 70.6 cm³/mol. The Balaban J connectivity index is 2.12. The van der Waals surface area contributed by atoms with E-state index in [0.29, 0.717) is 5.69 Å². The molecule has 0 spiro atoms. The molecule has 2 atom stereocenters. The summed E-state index contributed by atoms with van der Waals surface area (Å²) < 4.78 is 13.2. The second kappa shape index (κ2) is 5.43. The first kappa shape index (κ1) is 13.6. The Labute approximate surface area is 115 Å². The van der Waals surface area contributed by atoms with Crippen LogP contribution in [0.25, 0.3) is 0 Å². The van der Waals surface area contributed by atoms with E-state index in [4.69, 9.17) is 23.2 Å². The quantitative estimate of drug-likeness (QED) is 0.822. The molecule has 18 heavy (non-hydrogen) atoms. The summed E-state index contributed by atoms with van der Waals surface area (Å²) >= 11 is 11.3. The van der Waals surface area contributed by atoms with Gasteiger partial charge in [0.05, 0.1) is 16.0 Å². The van der Waals surface area contributed by atoms with Gasteiger partial charge in [0.25, 0.3) is 0 Å². The van der Waals surface area contributed by atoms with E-state index in [1.54, 1.807) is 0 Å². The summed E-state index contributed by atoms with van der Waals surface area (Å²) in [7, 11) is 0. The Morgan fingerprint density at radius 1 is 1.44 bits per heavy atom. The topological polar surface area (TPSA) is 41.1 Å². The molecule has 1 aromatic rings. The highest BCUT2D eigenvalue weighted by atomic mass is 35.5. The molecule has 2 unspecified atom stereocenters. The fraction of sp³-hybridized carbons (Fsp3) is 0.417. The number of anilines is 1. The molecule has 2 N–H and O–H groups in total. The maximum atomic E-state index is 13.2. The first-order valence-corrected chi connectivity index (χ1v) is 6.43. The van der Waals surface area contributed by atoms with E-state index in [9.17, 15) is 9.18 Å². The highest BCUT2D eigenvalue weighted by molar-refractivity contribution is 6.35. The van der Waals surface area contributed by atoms with Crippen molar-refractivity contribution in [1.82, 2.24) is 5.32 Å². The summed E-state index contributed by atoms with van der Waals surface area (Å²) in [5.41, 5.74) is 0.413. The van der Waals surface area contributed by atoms with Crippen molar-refractivity contribution in [2.45, 2.75) is 19.4 Å². The van der Waals surface area contributed by atoms with Gasteiger partial charge in [0.1, 0.15) is 0 Å². The summed E-state index contributed by atoms with van der Waals surface area (Å²) in [6.45, 7) is 2.78. The number of halogens is 3. The number of hydrogen-bond acceptors (Lipinski definition) is 2. The van der Waals surface area contributed by atoms with Crippen molar-refractivity contribution in [2.75, 3.05) is 11.9 Å².